The Bertz CT molecular complexity index is 706. The van der Waals surface area contributed by atoms with Crippen LogP contribution in [0.3, 0.4) is 0 Å². The van der Waals surface area contributed by atoms with Gasteiger partial charge in [-0.25, -0.2) is 0 Å². The van der Waals surface area contributed by atoms with Crippen LogP contribution in [-0.4, -0.2) is 15.1 Å². The molecule has 1 atom stereocenters. The molecule has 0 saturated heterocycles. The van der Waals surface area contributed by atoms with Gasteiger partial charge in [-0.3, -0.25) is 9.97 Å². The van der Waals surface area contributed by atoms with Gasteiger partial charge < -0.3 is 9.52 Å². The fourth-order valence-electron chi connectivity index (χ4n) is 2.00. The Labute approximate surface area is 110 Å². The molecule has 3 aromatic rings. The predicted octanol–water partition coefficient (Wildman–Crippen LogP) is 3.33. The highest BCUT2D eigenvalue weighted by molar-refractivity contribution is 5.79. The normalized spacial score (nSPS) is 12.7. The van der Waals surface area contributed by atoms with Gasteiger partial charge in [0, 0.05) is 18.0 Å². The largest absolute Gasteiger partial charge is 0.458 e. The number of aliphatic hydroxyl groups is 1. The quantitative estimate of drug-likeness (QED) is 0.778. The molecule has 0 radical (unpaired) electrons. The van der Waals surface area contributed by atoms with Crippen LogP contribution in [0.1, 0.15) is 25.2 Å². The zero-order chi connectivity index (χ0) is 13.2. The van der Waals surface area contributed by atoms with Crippen LogP contribution in [0.2, 0.25) is 0 Å². The van der Waals surface area contributed by atoms with Crippen LogP contribution in [0.5, 0.6) is 0 Å². The van der Waals surface area contributed by atoms with E-state index < -0.39 is 6.10 Å². The van der Waals surface area contributed by atoms with Crippen LogP contribution in [-0.2, 0) is 0 Å². The first-order valence-corrected chi connectivity index (χ1v) is 6.27. The molecule has 4 nitrogen and oxygen atoms in total. The maximum absolute atomic E-state index is 9.75. The lowest BCUT2D eigenvalue weighted by molar-refractivity contribution is 0.147. The van der Waals surface area contributed by atoms with Crippen molar-refractivity contribution in [1.82, 2.24) is 9.97 Å². The van der Waals surface area contributed by atoms with Gasteiger partial charge in [0.15, 0.2) is 0 Å². The molecular formula is C15H14N2O2. The summed E-state index contributed by atoms with van der Waals surface area (Å²) in [4.78, 5) is 8.50. The molecule has 0 fully saturated rings. The van der Waals surface area contributed by atoms with Crippen LogP contribution in [0.4, 0.5) is 0 Å². The van der Waals surface area contributed by atoms with Crippen LogP contribution >= 0.6 is 0 Å². The van der Waals surface area contributed by atoms with E-state index in [2.05, 4.69) is 9.97 Å². The van der Waals surface area contributed by atoms with Crippen molar-refractivity contribution in [2.45, 2.75) is 19.4 Å². The van der Waals surface area contributed by atoms with Crippen molar-refractivity contribution < 1.29 is 9.52 Å². The maximum Gasteiger partial charge on any atom is 0.134 e. The lowest BCUT2D eigenvalue weighted by Gasteiger charge is -2.03. The summed E-state index contributed by atoms with van der Waals surface area (Å²) < 4.78 is 5.67. The molecule has 0 saturated carbocycles. The van der Waals surface area contributed by atoms with Crippen molar-refractivity contribution >= 4 is 11.0 Å². The minimum Gasteiger partial charge on any atom is -0.458 e. The van der Waals surface area contributed by atoms with Gasteiger partial charge in [0.1, 0.15) is 17.6 Å². The average Bonchev–Trinajstić information content (AvgIpc) is 2.95. The SMILES string of the molecule is CCC(O)c1ccc(-c2ccc3nccnc3c2)o1. The number of hydrogen-bond acceptors (Lipinski definition) is 4. The van der Waals surface area contributed by atoms with Crippen LogP contribution in [0, 0.1) is 0 Å². The fourth-order valence-corrected chi connectivity index (χ4v) is 2.00. The summed E-state index contributed by atoms with van der Waals surface area (Å²) in [6.07, 6.45) is 3.43. The molecule has 2 heterocycles. The number of rotatable bonds is 3. The number of benzene rings is 1. The molecule has 3 rings (SSSR count). The van der Waals surface area contributed by atoms with Gasteiger partial charge in [0.25, 0.3) is 0 Å². The highest BCUT2D eigenvalue weighted by Gasteiger charge is 2.11. The Morgan fingerprint density at radius 1 is 1.11 bits per heavy atom. The summed E-state index contributed by atoms with van der Waals surface area (Å²) in [5, 5.41) is 9.75. The van der Waals surface area contributed by atoms with Crippen LogP contribution in [0.15, 0.2) is 47.1 Å². The Balaban J connectivity index is 2.01. The number of aromatic nitrogens is 2. The highest BCUT2D eigenvalue weighted by atomic mass is 16.4. The minimum atomic E-state index is -0.547. The summed E-state index contributed by atoms with van der Waals surface area (Å²) in [7, 11) is 0. The molecule has 4 heteroatoms. The summed E-state index contributed by atoms with van der Waals surface area (Å²) in [5.41, 5.74) is 2.61. The lowest BCUT2D eigenvalue weighted by atomic mass is 10.1. The third-order valence-corrected chi connectivity index (χ3v) is 3.10. The maximum atomic E-state index is 9.75. The highest BCUT2D eigenvalue weighted by Crippen LogP contribution is 2.27. The predicted molar refractivity (Wildman–Crippen MR) is 72.5 cm³/mol. The molecule has 0 amide bonds. The van der Waals surface area contributed by atoms with E-state index in [0.29, 0.717) is 12.2 Å². The van der Waals surface area contributed by atoms with Crippen molar-refractivity contribution in [2.75, 3.05) is 0 Å². The van der Waals surface area contributed by atoms with Crippen molar-refractivity contribution in [2.24, 2.45) is 0 Å². The zero-order valence-electron chi connectivity index (χ0n) is 10.6. The summed E-state index contributed by atoms with van der Waals surface area (Å²) in [6, 6.07) is 9.47. The Morgan fingerprint density at radius 2 is 1.89 bits per heavy atom. The van der Waals surface area contributed by atoms with Gasteiger partial charge in [-0.15, -0.1) is 0 Å². The van der Waals surface area contributed by atoms with E-state index in [1.807, 2.05) is 37.3 Å². The van der Waals surface area contributed by atoms with Gasteiger partial charge in [0.2, 0.25) is 0 Å². The van der Waals surface area contributed by atoms with Crippen LogP contribution < -0.4 is 0 Å². The van der Waals surface area contributed by atoms with E-state index in [1.54, 1.807) is 12.4 Å². The molecule has 0 aliphatic rings. The molecule has 2 aromatic heterocycles. The summed E-state index contributed by atoms with van der Waals surface area (Å²) >= 11 is 0. The zero-order valence-corrected chi connectivity index (χ0v) is 10.6. The van der Waals surface area contributed by atoms with Crippen molar-refractivity contribution in [1.29, 1.82) is 0 Å². The van der Waals surface area contributed by atoms with E-state index in [-0.39, 0.29) is 0 Å². The molecule has 96 valence electrons. The molecule has 19 heavy (non-hydrogen) atoms. The number of hydrogen-bond donors (Lipinski definition) is 1. The first-order chi connectivity index (χ1) is 9.28. The first kappa shape index (κ1) is 11.9. The van der Waals surface area contributed by atoms with Crippen molar-refractivity contribution in [3.8, 4) is 11.3 Å². The van der Waals surface area contributed by atoms with Crippen molar-refractivity contribution in [3.05, 3.63) is 48.5 Å². The van der Waals surface area contributed by atoms with Gasteiger partial charge in [-0.1, -0.05) is 6.92 Å². The topological polar surface area (TPSA) is 59.2 Å². The molecule has 1 unspecified atom stereocenters. The van der Waals surface area contributed by atoms with E-state index in [0.717, 1.165) is 22.4 Å². The molecule has 0 aliphatic heterocycles. The van der Waals surface area contributed by atoms with Crippen molar-refractivity contribution in [3.63, 3.8) is 0 Å². The van der Waals surface area contributed by atoms with E-state index in [4.69, 9.17) is 4.42 Å². The summed E-state index contributed by atoms with van der Waals surface area (Å²) in [5.74, 6) is 1.33. The third-order valence-electron chi connectivity index (χ3n) is 3.10. The average molecular weight is 254 g/mol. The lowest BCUT2D eigenvalue weighted by Crippen LogP contribution is -1.91. The van der Waals surface area contributed by atoms with Gasteiger partial charge in [-0.2, -0.15) is 0 Å². The van der Waals surface area contributed by atoms with Gasteiger partial charge in [-0.05, 0) is 36.8 Å². The third kappa shape index (κ3) is 2.22. The molecule has 1 N–H and O–H groups in total. The number of aliphatic hydroxyl groups excluding tert-OH is 1. The number of nitrogens with zero attached hydrogens (tertiary/aromatic N) is 2. The smallest absolute Gasteiger partial charge is 0.134 e. The second-order valence-electron chi connectivity index (χ2n) is 4.39. The second kappa shape index (κ2) is 4.82. The Hall–Kier alpha value is -2.20. The first-order valence-electron chi connectivity index (χ1n) is 6.27. The molecular weight excluding hydrogens is 240 g/mol. The number of fused-ring (bicyclic) bond motifs is 1. The number of furan rings is 1. The minimum absolute atomic E-state index is 0.547. The van der Waals surface area contributed by atoms with E-state index in [9.17, 15) is 5.11 Å². The molecule has 1 aromatic carbocycles. The van der Waals surface area contributed by atoms with Gasteiger partial charge >= 0.3 is 0 Å². The molecule has 0 aliphatic carbocycles. The fraction of sp³-hybridized carbons (Fsp3) is 0.200. The standard InChI is InChI=1S/C15H14N2O2/c1-2-13(18)15-6-5-14(19-15)10-3-4-11-12(9-10)17-8-7-16-11/h3-9,13,18H,2H2,1H3. The van der Waals surface area contributed by atoms with Gasteiger partial charge in [0.05, 0.1) is 11.0 Å². The van der Waals surface area contributed by atoms with E-state index >= 15 is 0 Å². The molecule has 0 spiro atoms. The van der Waals surface area contributed by atoms with E-state index in [1.165, 1.54) is 0 Å². The Morgan fingerprint density at radius 3 is 2.68 bits per heavy atom. The second-order valence-corrected chi connectivity index (χ2v) is 4.39. The molecule has 0 bridgehead atoms. The summed E-state index contributed by atoms with van der Waals surface area (Å²) in [6.45, 7) is 1.92. The Kier molecular flexibility index (Phi) is 3.01. The monoisotopic (exact) mass is 254 g/mol. The van der Waals surface area contributed by atoms with Crippen LogP contribution in [0.25, 0.3) is 22.4 Å².